The van der Waals surface area contributed by atoms with E-state index in [2.05, 4.69) is 91.5 Å². The molecule has 5 nitrogen and oxygen atoms in total. The SMILES string of the molecule is CCCCCCCCC(C)Oc1ccc(N(c2ccc(OC)cc2)c2ccc(-c3ccc4c(c3)C(=O)c3cc(-c5ccc(C=O)cc5)ccc3-4)cc2)cc1. The van der Waals surface area contributed by atoms with Crippen molar-refractivity contribution in [3.05, 3.63) is 150 Å². The molecule has 6 aromatic carbocycles. The zero-order valence-electron chi connectivity index (χ0n) is 31.4. The summed E-state index contributed by atoms with van der Waals surface area (Å²) in [6.07, 6.45) is 9.76. The maximum Gasteiger partial charge on any atom is 0.194 e. The number of unbranched alkanes of at least 4 members (excludes halogenated alkanes) is 5. The van der Waals surface area contributed by atoms with Gasteiger partial charge in [-0.1, -0.05) is 99.7 Å². The summed E-state index contributed by atoms with van der Waals surface area (Å²) in [5, 5.41) is 0. The molecule has 0 saturated carbocycles. The van der Waals surface area contributed by atoms with Crippen molar-refractivity contribution in [2.75, 3.05) is 12.0 Å². The van der Waals surface area contributed by atoms with Crippen LogP contribution in [0.4, 0.5) is 17.1 Å². The lowest BCUT2D eigenvalue weighted by Gasteiger charge is -2.26. The summed E-state index contributed by atoms with van der Waals surface area (Å²) in [7, 11) is 1.68. The van der Waals surface area contributed by atoms with Crippen LogP contribution in [0.15, 0.2) is 133 Å². The molecule has 0 radical (unpaired) electrons. The average molecular weight is 714 g/mol. The van der Waals surface area contributed by atoms with Gasteiger partial charge in [0.05, 0.1) is 13.2 Å². The lowest BCUT2D eigenvalue weighted by molar-refractivity contribution is 0.104. The standard InChI is InChI=1S/C49H47NO4/c1-4-5-6-7-8-9-10-34(2)54-44-27-23-42(24-28-44)50(41-21-25-43(53-3)26-22-41)40-19-15-37(16-20-40)39-18-30-46-45-29-17-38(31-47(45)49(52)48(46)32-39)36-13-11-35(33-51)12-14-36/h11-34H,4-10H2,1-3H3. The van der Waals surface area contributed by atoms with Gasteiger partial charge in [0.2, 0.25) is 0 Å². The monoisotopic (exact) mass is 713 g/mol. The van der Waals surface area contributed by atoms with Crippen molar-refractivity contribution in [1.29, 1.82) is 0 Å². The highest BCUT2D eigenvalue weighted by Gasteiger charge is 2.27. The minimum absolute atomic E-state index is 0.0275. The van der Waals surface area contributed by atoms with Crippen LogP contribution < -0.4 is 14.4 Å². The Hall–Kier alpha value is -5.94. The maximum atomic E-state index is 13.8. The van der Waals surface area contributed by atoms with Crippen LogP contribution in [0.3, 0.4) is 0 Å². The molecule has 54 heavy (non-hydrogen) atoms. The van der Waals surface area contributed by atoms with Crippen LogP contribution in [0.2, 0.25) is 0 Å². The number of benzene rings is 6. The van der Waals surface area contributed by atoms with Gasteiger partial charge in [-0.25, -0.2) is 0 Å². The highest BCUT2D eigenvalue weighted by molar-refractivity contribution is 6.22. The first-order valence-corrected chi connectivity index (χ1v) is 19.2. The molecule has 272 valence electrons. The molecule has 0 aromatic heterocycles. The van der Waals surface area contributed by atoms with Crippen molar-refractivity contribution in [2.45, 2.75) is 64.9 Å². The van der Waals surface area contributed by atoms with E-state index < -0.39 is 0 Å². The largest absolute Gasteiger partial charge is 0.497 e. The predicted octanol–water partition coefficient (Wildman–Crippen LogP) is 13.0. The summed E-state index contributed by atoms with van der Waals surface area (Å²) in [4.78, 5) is 27.1. The molecular formula is C49H47NO4. The van der Waals surface area contributed by atoms with Crippen LogP contribution in [-0.2, 0) is 0 Å². The summed E-state index contributed by atoms with van der Waals surface area (Å²) >= 11 is 0. The number of aldehydes is 1. The van der Waals surface area contributed by atoms with Crippen molar-refractivity contribution in [3.8, 4) is 44.9 Å². The van der Waals surface area contributed by atoms with Crippen molar-refractivity contribution >= 4 is 29.1 Å². The lowest BCUT2D eigenvalue weighted by atomic mass is 9.97. The number of hydrogen-bond acceptors (Lipinski definition) is 5. The molecule has 0 saturated heterocycles. The average Bonchev–Trinajstić information content (AvgIpc) is 3.50. The summed E-state index contributed by atoms with van der Waals surface area (Å²) in [5.74, 6) is 1.70. The van der Waals surface area contributed by atoms with Gasteiger partial charge in [-0.2, -0.15) is 0 Å². The van der Waals surface area contributed by atoms with E-state index >= 15 is 0 Å². The Balaban J connectivity index is 1.09. The molecule has 0 amide bonds. The molecule has 1 aliphatic carbocycles. The van der Waals surface area contributed by atoms with Gasteiger partial charge < -0.3 is 14.4 Å². The number of methoxy groups -OCH3 is 1. The van der Waals surface area contributed by atoms with E-state index in [0.29, 0.717) is 16.7 Å². The molecule has 5 heteroatoms. The fourth-order valence-corrected chi connectivity index (χ4v) is 7.35. The quantitative estimate of drug-likeness (QED) is 0.0737. The van der Waals surface area contributed by atoms with Crippen molar-refractivity contribution in [3.63, 3.8) is 0 Å². The molecule has 1 atom stereocenters. The van der Waals surface area contributed by atoms with Gasteiger partial charge >= 0.3 is 0 Å². The molecule has 7 rings (SSSR count). The van der Waals surface area contributed by atoms with E-state index in [1.54, 1.807) is 19.2 Å². The Kier molecular flexibility index (Phi) is 11.3. The van der Waals surface area contributed by atoms with E-state index in [4.69, 9.17) is 9.47 Å². The number of anilines is 3. The molecule has 6 aromatic rings. The van der Waals surface area contributed by atoms with Gasteiger partial charge in [-0.05, 0) is 126 Å². The number of ketones is 1. The van der Waals surface area contributed by atoms with Crippen LogP contribution in [0, 0.1) is 0 Å². The third-order valence-electron chi connectivity index (χ3n) is 10.4. The molecule has 0 fully saturated rings. The Bertz CT molecular complexity index is 2200. The first-order chi connectivity index (χ1) is 26.4. The number of fused-ring (bicyclic) bond motifs is 3. The predicted molar refractivity (Wildman–Crippen MR) is 221 cm³/mol. The van der Waals surface area contributed by atoms with Crippen molar-refractivity contribution in [1.82, 2.24) is 0 Å². The Morgan fingerprint density at radius 3 is 1.54 bits per heavy atom. The molecule has 0 aliphatic heterocycles. The molecule has 0 N–H and O–H groups in total. The van der Waals surface area contributed by atoms with Gasteiger partial charge in [0.25, 0.3) is 0 Å². The summed E-state index contributed by atoms with van der Waals surface area (Å²) in [6, 6.07) is 44.5. The van der Waals surface area contributed by atoms with Gasteiger partial charge in [-0.3, -0.25) is 9.59 Å². The van der Waals surface area contributed by atoms with E-state index in [-0.39, 0.29) is 11.9 Å². The number of carbonyl (C=O) groups is 2. The smallest absolute Gasteiger partial charge is 0.194 e. The second-order valence-corrected chi connectivity index (χ2v) is 14.1. The van der Waals surface area contributed by atoms with Crippen LogP contribution in [0.25, 0.3) is 33.4 Å². The van der Waals surface area contributed by atoms with E-state index in [9.17, 15) is 9.59 Å². The van der Waals surface area contributed by atoms with Crippen LogP contribution >= 0.6 is 0 Å². The van der Waals surface area contributed by atoms with Crippen LogP contribution in [0.1, 0.15) is 85.1 Å². The summed E-state index contributed by atoms with van der Waals surface area (Å²) in [6.45, 7) is 4.42. The lowest BCUT2D eigenvalue weighted by Crippen LogP contribution is -2.12. The maximum absolute atomic E-state index is 13.8. The van der Waals surface area contributed by atoms with Crippen molar-refractivity contribution < 1.29 is 19.1 Å². The Labute approximate surface area is 319 Å². The Morgan fingerprint density at radius 1 is 0.556 bits per heavy atom. The highest BCUT2D eigenvalue weighted by atomic mass is 16.5. The van der Waals surface area contributed by atoms with E-state index in [1.807, 2.05) is 48.5 Å². The number of carbonyl (C=O) groups excluding carboxylic acids is 2. The number of ether oxygens (including phenoxy) is 2. The molecule has 1 unspecified atom stereocenters. The number of rotatable bonds is 16. The summed E-state index contributed by atoms with van der Waals surface area (Å²) in [5.41, 5.74) is 10.9. The third-order valence-corrected chi connectivity index (χ3v) is 10.4. The van der Waals surface area contributed by atoms with Crippen LogP contribution in [-0.4, -0.2) is 25.3 Å². The fourth-order valence-electron chi connectivity index (χ4n) is 7.35. The minimum atomic E-state index is 0.0275. The van der Waals surface area contributed by atoms with E-state index in [1.165, 1.54) is 38.5 Å². The first-order valence-electron chi connectivity index (χ1n) is 19.2. The molecule has 0 heterocycles. The van der Waals surface area contributed by atoms with Gasteiger partial charge in [0.15, 0.2) is 5.78 Å². The van der Waals surface area contributed by atoms with Gasteiger partial charge in [0.1, 0.15) is 17.8 Å². The number of hydrogen-bond donors (Lipinski definition) is 0. The molecule has 0 bridgehead atoms. The van der Waals surface area contributed by atoms with Crippen molar-refractivity contribution in [2.24, 2.45) is 0 Å². The highest BCUT2D eigenvalue weighted by Crippen LogP contribution is 2.42. The first kappa shape index (κ1) is 36.4. The minimum Gasteiger partial charge on any atom is -0.497 e. The fraction of sp³-hybridized carbons (Fsp3) is 0.224. The zero-order chi connectivity index (χ0) is 37.4. The van der Waals surface area contributed by atoms with Gasteiger partial charge in [-0.15, -0.1) is 0 Å². The second kappa shape index (κ2) is 16.8. The topological polar surface area (TPSA) is 55.8 Å². The molecule has 0 spiro atoms. The molecular weight excluding hydrogens is 667 g/mol. The summed E-state index contributed by atoms with van der Waals surface area (Å²) < 4.78 is 11.8. The van der Waals surface area contributed by atoms with E-state index in [0.717, 1.165) is 74.6 Å². The molecule has 1 aliphatic rings. The number of nitrogens with zero attached hydrogens (tertiary/aromatic N) is 1. The second-order valence-electron chi connectivity index (χ2n) is 14.1. The van der Waals surface area contributed by atoms with Gasteiger partial charge in [0, 0.05) is 33.8 Å². The zero-order valence-corrected chi connectivity index (χ0v) is 31.4. The third kappa shape index (κ3) is 8.01. The van der Waals surface area contributed by atoms with Crippen LogP contribution in [0.5, 0.6) is 11.5 Å². The Morgan fingerprint density at radius 2 is 1.02 bits per heavy atom. The normalized spacial score (nSPS) is 12.2.